The van der Waals surface area contributed by atoms with Gasteiger partial charge in [-0.3, -0.25) is 0 Å². The fraction of sp³-hybridized carbons (Fsp3) is 0. The minimum absolute atomic E-state index is 0. The molecular formula is C10H6BrKO3S. The van der Waals surface area contributed by atoms with Crippen LogP contribution in [0.5, 0.6) is 0 Å². The van der Waals surface area contributed by atoms with Crippen LogP contribution >= 0.6 is 15.9 Å². The SMILES string of the molecule is O=S(=O)([O-])c1ccc2cc(Br)ccc2c1.[K+]. The van der Waals surface area contributed by atoms with E-state index in [9.17, 15) is 13.0 Å². The summed E-state index contributed by atoms with van der Waals surface area (Å²) in [6.07, 6.45) is 0. The number of rotatable bonds is 1. The summed E-state index contributed by atoms with van der Waals surface area (Å²) in [6, 6.07) is 9.72. The first-order chi connectivity index (χ1) is 6.97. The van der Waals surface area contributed by atoms with Crippen LogP contribution in [0.2, 0.25) is 0 Å². The zero-order valence-electron chi connectivity index (χ0n) is 8.48. The molecule has 0 unspecified atom stereocenters. The second kappa shape index (κ2) is 5.58. The molecule has 0 aliphatic rings. The van der Waals surface area contributed by atoms with Crippen molar-refractivity contribution in [2.75, 3.05) is 0 Å². The molecular weight excluding hydrogens is 319 g/mol. The van der Waals surface area contributed by atoms with Gasteiger partial charge < -0.3 is 4.55 Å². The molecule has 16 heavy (non-hydrogen) atoms. The van der Waals surface area contributed by atoms with E-state index in [1.54, 1.807) is 18.2 Å². The normalized spacial score (nSPS) is 11.1. The first-order valence-corrected chi connectivity index (χ1v) is 6.32. The van der Waals surface area contributed by atoms with E-state index < -0.39 is 10.1 Å². The molecule has 0 aliphatic carbocycles. The number of benzene rings is 2. The molecule has 0 aromatic heterocycles. The van der Waals surface area contributed by atoms with Crippen LogP contribution in [0.15, 0.2) is 45.8 Å². The average molecular weight is 325 g/mol. The molecule has 0 fully saturated rings. The van der Waals surface area contributed by atoms with Gasteiger partial charge in [-0.2, -0.15) is 0 Å². The summed E-state index contributed by atoms with van der Waals surface area (Å²) in [4.78, 5) is -0.197. The summed E-state index contributed by atoms with van der Waals surface area (Å²) >= 11 is 3.31. The third-order valence-corrected chi connectivity index (χ3v) is 3.39. The Morgan fingerprint density at radius 3 is 2.19 bits per heavy atom. The first-order valence-electron chi connectivity index (χ1n) is 4.12. The third kappa shape index (κ3) is 3.36. The molecule has 0 aliphatic heterocycles. The van der Waals surface area contributed by atoms with E-state index in [2.05, 4.69) is 15.9 Å². The van der Waals surface area contributed by atoms with Gasteiger partial charge in [0.15, 0.2) is 0 Å². The van der Waals surface area contributed by atoms with Crippen LogP contribution in [0.3, 0.4) is 0 Å². The maximum Gasteiger partial charge on any atom is 1.00 e. The van der Waals surface area contributed by atoms with Crippen molar-refractivity contribution in [2.45, 2.75) is 4.90 Å². The van der Waals surface area contributed by atoms with E-state index in [0.29, 0.717) is 0 Å². The first kappa shape index (κ1) is 14.8. The predicted molar refractivity (Wildman–Crippen MR) is 59.6 cm³/mol. The Hall–Kier alpha value is 0.726. The molecule has 0 saturated heterocycles. The van der Waals surface area contributed by atoms with Crippen LogP contribution < -0.4 is 51.4 Å². The van der Waals surface area contributed by atoms with Gasteiger partial charge in [0.2, 0.25) is 0 Å². The summed E-state index contributed by atoms with van der Waals surface area (Å²) in [5.74, 6) is 0. The quantitative estimate of drug-likeness (QED) is 0.525. The van der Waals surface area contributed by atoms with Crippen molar-refractivity contribution >= 4 is 36.8 Å². The molecule has 78 valence electrons. The summed E-state index contributed by atoms with van der Waals surface area (Å²) < 4.78 is 33.2. The van der Waals surface area contributed by atoms with Gasteiger partial charge in [0, 0.05) is 4.47 Å². The van der Waals surface area contributed by atoms with Crippen LogP contribution in [0, 0.1) is 0 Å². The van der Waals surface area contributed by atoms with Gasteiger partial charge in [0.1, 0.15) is 10.1 Å². The van der Waals surface area contributed by atoms with Crippen molar-refractivity contribution in [1.82, 2.24) is 0 Å². The standard InChI is InChI=1S/C10H7BrO3S.K/c11-9-3-1-8-6-10(15(12,13)14)4-2-7(8)5-9;/h1-6H,(H,12,13,14);/q;+1/p-1. The maximum absolute atomic E-state index is 10.8. The summed E-state index contributed by atoms with van der Waals surface area (Å²) in [7, 11) is -4.37. The number of hydrogen-bond acceptors (Lipinski definition) is 3. The van der Waals surface area contributed by atoms with E-state index in [4.69, 9.17) is 0 Å². The van der Waals surface area contributed by atoms with Crippen LogP contribution in [0.4, 0.5) is 0 Å². The zero-order valence-corrected chi connectivity index (χ0v) is 14.0. The zero-order chi connectivity index (χ0) is 11.1. The van der Waals surface area contributed by atoms with Crippen molar-refractivity contribution in [3.8, 4) is 0 Å². The van der Waals surface area contributed by atoms with Crippen molar-refractivity contribution in [1.29, 1.82) is 0 Å². The van der Waals surface area contributed by atoms with Gasteiger partial charge in [0.05, 0.1) is 4.90 Å². The molecule has 0 bridgehead atoms. The van der Waals surface area contributed by atoms with Gasteiger partial charge in [0.25, 0.3) is 0 Å². The van der Waals surface area contributed by atoms with Crippen molar-refractivity contribution in [2.24, 2.45) is 0 Å². The van der Waals surface area contributed by atoms with E-state index >= 15 is 0 Å². The summed E-state index contributed by atoms with van der Waals surface area (Å²) in [6.45, 7) is 0. The van der Waals surface area contributed by atoms with Crippen LogP contribution in [-0.2, 0) is 10.1 Å². The average Bonchev–Trinajstić information content (AvgIpc) is 2.15. The molecule has 2 aromatic carbocycles. The molecule has 6 heteroatoms. The molecule has 3 nitrogen and oxygen atoms in total. The summed E-state index contributed by atoms with van der Waals surface area (Å²) in [5.41, 5.74) is 0. The number of halogens is 1. The van der Waals surface area contributed by atoms with E-state index in [1.165, 1.54) is 12.1 Å². The predicted octanol–water partition coefficient (Wildman–Crippen LogP) is -0.490. The molecule has 0 heterocycles. The molecule has 0 N–H and O–H groups in total. The van der Waals surface area contributed by atoms with E-state index in [1.807, 2.05) is 6.07 Å². The Morgan fingerprint density at radius 1 is 1.00 bits per heavy atom. The van der Waals surface area contributed by atoms with Crippen molar-refractivity contribution in [3.05, 3.63) is 40.9 Å². The molecule has 0 amide bonds. The van der Waals surface area contributed by atoms with E-state index in [0.717, 1.165) is 15.2 Å². The molecule has 2 rings (SSSR count). The molecule has 2 aromatic rings. The molecule has 0 radical (unpaired) electrons. The van der Waals surface area contributed by atoms with Crippen LogP contribution in [-0.4, -0.2) is 13.0 Å². The van der Waals surface area contributed by atoms with Crippen molar-refractivity contribution < 1.29 is 64.4 Å². The topological polar surface area (TPSA) is 57.2 Å². The van der Waals surface area contributed by atoms with Gasteiger partial charge in [-0.25, -0.2) is 8.42 Å². The van der Waals surface area contributed by atoms with Gasteiger partial charge in [-0.15, -0.1) is 0 Å². The molecule has 0 saturated carbocycles. The minimum Gasteiger partial charge on any atom is -0.744 e. The van der Waals surface area contributed by atoms with Gasteiger partial charge in [-0.05, 0) is 35.0 Å². The third-order valence-electron chi connectivity index (χ3n) is 2.06. The molecule has 0 atom stereocenters. The van der Waals surface area contributed by atoms with Gasteiger partial charge in [-0.1, -0.05) is 28.1 Å². The van der Waals surface area contributed by atoms with E-state index in [-0.39, 0.29) is 56.3 Å². The van der Waals surface area contributed by atoms with Gasteiger partial charge >= 0.3 is 51.4 Å². The monoisotopic (exact) mass is 324 g/mol. The Morgan fingerprint density at radius 2 is 1.56 bits per heavy atom. The van der Waals surface area contributed by atoms with Crippen molar-refractivity contribution in [3.63, 3.8) is 0 Å². The fourth-order valence-corrected chi connectivity index (χ4v) is 2.23. The smallest absolute Gasteiger partial charge is 0.744 e. The van der Waals surface area contributed by atoms with Crippen LogP contribution in [0.1, 0.15) is 0 Å². The molecule has 0 spiro atoms. The largest absolute Gasteiger partial charge is 1.00 e. The second-order valence-electron chi connectivity index (χ2n) is 3.11. The Labute approximate surface area is 145 Å². The number of hydrogen-bond donors (Lipinski definition) is 0. The maximum atomic E-state index is 10.8. The Balaban J connectivity index is 0.00000128. The number of fused-ring (bicyclic) bond motifs is 1. The Bertz CT molecular complexity index is 625. The Kier molecular flexibility index (Phi) is 5.16. The summed E-state index contributed by atoms with van der Waals surface area (Å²) in [5, 5.41) is 1.62. The minimum atomic E-state index is -4.37. The fourth-order valence-electron chi connectivity index (χ4n) is 1.35. The van der Waals surface area contributed by atoms with Crippen LogP contribution in [0.25, 0.3) is 10.8 Å². The second-order valence-corrected chi connectivity index (χ2v) is 5.40.